The first kappa shape index (κ1) is 21.4. The molecule has 0 aromatic heterocycles. The number of hydrogen-bond acceptors (Lipinski definition) is 5. The number of halogens is 1. The maximum absolute atomic E-state index is 13.3. The van der Waals surface area contributed by atoms with Gasteiger partial charge in [0.2, 0.25) is 11.8 Å². The van der Waals surface area contributed by atoms with Gasteiger partial charge in [-0.05, 0) is 37.1 Å². The summed E-state index contributed by atoms with van der Waals surface area (Å²) < 4.78 is 23.7. The molecule has 1 aliphatic heterocycles. The fraction of sp³-hybridized carbons (Fsp3) is 0.571. The number of ether oxygens (including phenoxy) is 2. The minimum absolute atomic E-state index is 0.0588. The van der Waals surface area contributed by atoms with E-state index in [1.54, 1.807) is 0 Å². The van der Waals surface area contributed by atoms with Crippen LogP contribution in [-0.2, 0) is 23.9 Å². The molecule has 1 unspecified atom stereocenters. The van der Waals surface area contributed by atoms with Gasteiger partial charge in [0.05, 0.1) is 18.7 Å². The molecule has 3 rings (SSSR count). The smallest absolute Gasteiger partial charge is 0.257 e. The summed E-state index contributed by atoms with van der Waals surface area (Å²) in [7, 11) is 2.92. The highest BCUT2D eigenvalue weighted by molar-refractivity contribution is 6.23. The molecule has 1 aliphatic carbocycles. The first-order valence-corrected chi connectivity index (χ1v) is 9.94. The quantitative estimate of drug-likeness (QED) is 0.514. The zero-order valence-corrected chi connectivity index (χ0v) is 16.8. The van der Waals surface area contributed by atoms with E-state index in [0.717, 1.165) is 37.0 Å². The van der Waals surface area contributed by atoms with E-state index in [2.05, 4.69) is 0 Å². The standard InChI is InChI=1S/C21H27FN2O5/c1-28-19(29-2)13-23(20(26)14-6-4-3-5-7-14)17-12-18(25)24(21(17)27)16-10-8-15(22)9-11-16/h8-11,14,17,19H,3-7,12-13H2,1-2H3. The number of carbonyl (C=O) groups is 3. The van der Waals surface area contributed by atoms with Gasteiger partial charge in [0.15, 0.2) is 6.29 Å². The number of hydrogen-bond donors (Lipinski definition) is 0. The third-order valence-electron chi connectivity index (χ3n) is 5.69. The van der Waals surface area contributed by atoms with Gasteiger partial charge >= 0.3 is 0 Å². The van der Waals surface area contributed by atoms with Crippen molar-refractivity contribution >= 4 is 23.4 Å². The lowest BCUT2D eigenvalue weighted by atomic mass is 9.88. The van der Waals surface area contributed by atoms with Gasteiger partial charge in [-0.2, -0.15) is 0 Å². The molecule has 1 heterocycles. The van der Waals surface area contributed by atoms with Crippen LogP contribution >= 0.6 is 0 Å². The van der Waals surface area contributed by atoms with E-state index in [4.69, 9.17) is 9.47 Å². The minimum Gasteiger partial charge on any atom is -0.354 e. The van der Waals surface area contributed by atoms with Crippen LogP contribution in [0.1, 0.15) is 38.5 Å². The predicted molar refractivity (Wildman–Crippen MR) is 103 cm³/mol. The molecule has 8 heteroatoms. The van der Waals surface area contributed by atoms with E-state index in [1.165, 1.54) is 43.4 Å². The van der Waals surface area contributed by atoms with Crippen LogP contribution in [0.2, 0.25) is 0 Å². The summed E-state index contributed by atoms with van der Waals surface area (Å²) in [5.74, 6) is -1.67. The van der Waals surface area contributed by atoms with Crippen molar-refractivity contribution in [3.05, 3.63) is 30.1 Å². The first-order valence-electron chi connectivity index (χ1n) is 9.94. The van der Waals surface area contributed by atoms with Crippen molar-refractivity contribution in [2.45, 2.75) is 50.9 Å². The van der Waals surface area contributed by atoms with Crippen LogP contribution in [0.4, 0.5) is 10.1 Å². The van der Waals surface area contributed by atoms with Crippen LogP contribution in [0.5, 0.6) is 0 Å². The zero-order valence-electron chi connectivity index (χ0n) is 16.8. The Morgan fingerprint density at radius 2 is 1.76 bits per heavy atom. The molecular weight excluding hydrogens is 379 g/mol. The third kappa shape index (κ3) is 4.64. The fourth-order valence-corrected chi connectivity index (χ4v) is 4.08. The molecule has 0 radical (unpaired) electrons. The van der Waals surface area contributed by atoms with Gasteiger partial charge in [-0.25, -0.2) is 9.29 Å². The number of rotatable bonds is 7. The van der Waals surface area contributed by atoms with Crippen molar-refractivity contribution in [1.82, 2.24) is 4.90 Å². The highest BCUT2D eigenvalue weighted by Crippen LogP contribution is 2.30. The van der Waals surface area contributed by atoms with Gasteiger partial charge in [-0.15, -0.1) is 0 Å². The molecule has 0 N–H and O–H groups in total. The summed E-state index contributed by atoms with van der Waals surface area (Å²) in [5.41, 5.74) is 0.295. The van der Waals surface area contributed by atoms with Crippen LogP contribution in [0.25, 0.3) is 0 Å². The Morgan fingerprint density at radius 1 is 1.14 bits per heavy atom. The maximum atomic E-state index is 13.3. The highest BCUT2D eigenvalue weighted by Gasteiger charge is 2.46. The molecule has 2 aliphatic rings. The Bertz CT molecular complexity index is 744. The largest absolute Gasteiger partial charge is 0.354 e. The molecule has 1 aromatic carbocycles. The van der Waals surface area contributed by atoms with E-state index in [-0.39, 0.29) is 24.8 Å². The maximum Gasteiger partial charge on any atom is 0.257 e. The number of benzene rings is 1. The molecule has 1 saturated heterocycles. The lowest BCUT2D eigenvalue weighted by Gasteiger charge is -2.34. The SMILES string of the molecule is COC(CN(C(=O)C1CCCCC1)C1CC(=O)N(c2ccc(F)cc2)C1=O)OC. The Hall–Kier alpha value is -2.32. The number of imide groups is 1. The number of carbonyl (C=O) groups excluding carboxylic acids is 3. The second-order valence-corrected chi connectivity index (χ2v) is 7.49. The molecule has 7 nitrogen and oxygen atoms in total. The van der Waals surface area contributed by atoms with E-state index in [1.807, 2.05) is 0 Å². The number of amides is 3. The highest BCUT2D eigenvalue weighted by atomic mass is 19.1. The van der Waals surface area contributed by atoms with Crippen LogP contribution < -0.4 is 4.90 Å². The van der Waals surface area contributed by atoms with Crippen LogP contribution in [0.15, 0.2) is 24.3 Å². The van der Waals surface area contributed by atoms with Crippen LogP contribution in [-0.4, -0.2) is 55.7 Å². The van der Waals surface area contributed by atoms with E-state index < -0.39 is 30.0 Å². The van der Waals surface area contributed by atoms with Crippen molar-refractivity contribution in [3.63, 3.8) is 0 Å². The van der Waals surface area contributed by atoms with Gasteiger partial charge < -0.3 is 14.4 Å². The van der Waals surface area contributed by atoms with Crippen LogP contribution in [0.3, 0.4) is 0 Å². The molecular formula is C21H27FN2O5. The second kappa shape index (κ2) is 9.45. The summed E-state index contributed by atoms with van der Waals surface area (Å²) in [6, 6.07) is 4.23. The van der Waals surface area contributed by atoms with Gasteiger partial charge in [0, 0.05) is 20.1 Å². The molecule has 0 bridgehead atoms. The predicted octanol–water partition coefficient (Wildman–Crippen LogP) is 2.49. The molecule has 2 fully saturated rings. The van der Waals surface area contributed by atoms with Gasteiger partial charge in [0.1, 0.15) is 11.9 Å². The van der Waals surface area contributed by atoms with E-state index in [9.17, 15) is 18.8 Å². The lowest BCUT2D eigenvalue weighted by molar-refractivity contribution is -0.156. The number of nitrogens with zero attached hydrogens (tertiary/aromatic N) is 2. The van der Waals surface area contributed by atoms with Crippen molar-refractivity contribution in [2.24, 2.45) is 5.92 Å². The molecule has 1 saturated carbocycles. The average molecular weight is 406 g/mol. The van der Waals surface area contributed by atoms with Gasteiger partial charge in [-0.3, -0.25) is 14.4 Å². The van der Waals surface area contributed by atoms with Crippen molar-refractivity contribution in [2.75, 3.05) is 25.7 Å². The van der Waals surface area contributed by atoms with Gasteiger partial charge in [-0.1, -0.05) is 19.3 Å². The minimum atomic E-state index is -0.922. The van der Waals surface area contributed by atoms with Crippen LogP contribution in [0, 0.1) is 11.7 Å². The van der Waals surface area contributed by atoms with Crippen molar-refractivity contribution < 1.29 is 28.2 Å². The summed E-state index contributed by atoms with van der Waals surface area (Å²) in [5, 5.41) is 0. The monoisotopic (exact) mass is 406 g/mol. The topological polar surface area (TPSA) is 76.2 Å². The second-order valence-electron chi connectivity index (χ2n) is 7.49. The molecule has 3 amide bonds. The Labute approximate surface area is 169 Å². The number of anilines is 1. The first-order chi connectivity index (χ1) is 14.0. The summed E-state index contributed by atoms with van der Waals surface area (Å²) >= 11 is 0. The molecule has 0 spiro atoms. The van der Waals surface area contributed by atoms with Crippen molar-refractivity contribution in [3.8, 4) is 0 Å². The molecule has 1 atom stereocenters. The summed E-state index contributed by atoms with van der Waals surface area (Å²) in [4.78, 5) is 41.5. The zero-order chi connectivity index (χ0) is 21.0. The van der Waals surface area contributed by atoms with Gasteiger partial charge in [0.25, 0.3) is 5.91 Å². The fourth-order valence-electron chi connectivity index (χ4n) is 4.08. The normalized spacial score (nSPS) is 20.6. The molecule has 29 heavy (non-hydrogen) atoms. The molecule has 1 aromatic rings. The van der Waals surface area contributed by atoms with E-state index in [0.29, 0.717) is 5.69 Å². The Balaban J connectivity index is 1.86. The Kier molecular flexibility index (Phi) is 6.97. The third-order valence-corrected chi connectivity index (χ3v) is 5.69. The lowest BCUT2D eigenvalue weighted by Crippen LogP contribution is -2.51. The summed E-state index contributed by atoms with van der Waals surface area (Å²) in [6.07, 6.45) is 3.78. The Morgan fingerprint density at radius 3 is 2.34 bits per heavy atom. The molecule has 158 valence electrons. The van der Waals surface area contributed by atoms with E-state index >= 15 is 0 Å². The number of methoxy groups -OCH3 is 2. The van der Waals surface area contributed by atoms with Crippen molar-refractivity contribution in [1.29, 1.82) is 0 Å². The summed E-state index contributed by atoms with van der Waals surface area (Å²) in [6.45, 7) is 0.0588. The average Bonchev–Trinajstić information content (AvgIpc) is 3.04.